The van der Waals surface area contributed by atoms with Crippen LogP contribution in [0.25, 0.3) is 0 Å². The van der Waals surface area contributed by atoms with Gasteiger partial charge in [0, 0.05) is 19.6 Å². The van der Waals surface area contributed by atoms with Crippen LogP contribution in [-0.4, -0.2) is 37.0 Å². The van der Waals surface area contributed by atoms with Crippen molar-refractivity contribution >= 4 is 5.91 Å². The molecule has 0 spiro atoms. The van der Waals surface area contributed by atoms with Crippen LogP contribution >= 0.6 is 0 Å². The van der Waals surface area contributed by atoms with E-state index in [4.69, 9.17) is 10.5 Å². The highest BCUT2D eigenvalue weighted by Crippen LogP contribution is 2.22. The summed E-state index contributed by atoms with van der Waals surface area (Å²) in [4.78, 5) is 13.8. The van der Waals surface area contributed by atoms with Crippen molar-refractivity contribution in [2.45, 2.75) is 40.2 Å². The molecule has 1 unspecified atom stereocenters. The molecular weight excluding hydrogens is 264 g/mol. The third kappa shape index (κ3) is 5.38. The number of nitrogens with two attached hydrogens (primary N) is 1. The number of likely N-dealkylation sites (N-methyl/N-ethyl adjacent to an activating group) is 1. The molecule has 118 valence electrons. The van der Waals surface area contributed by atoms with E-state index in [1.807, 2.05) is 32.0 Å². The fourth-order valence-electron chi connectivity index (χ4n) is 2.07. The van der Waals surface area contributed by atoms with Crippen molar-refractivity contribution in [3.8, 4) is 5.75 Å². The Morgan fingerprint density at radius 2 is 1.86 bits per heavy atom. The summed E-state index contributed by atoms with van der Waals surface area (Å²) < 4.78 is 5.68. The normalized spacial score (nSPS) is 12.3. The lowest BCUT2D eigenvalue weighted by Crippen LogP contribution is -2.36. The maximum absolute atomic E-state index is 12.1. The number of amides is 1. The molecule has 1 rings (SSSR count). The molecule has 0 radical (unpaired) electrons. The number of carbonyl (C=O) groups excluding carboxylic acids is 1. The first kappa shape index (κ1) is 17.5. The van der Waals surface area contributed by atoms with Gasteiger partial charge in [0.15, 0.2) is 6.61 Å². The fraction of sp³-hybridized carbons (Fsp3) is 0.588. The first-order valence-corrected chi connectivity index (χ1v) is 7.51. The molecule has 0 fully saturated rings. The Balaban J connectivity index is 2.46. The average Bonchev–Trinajstić information content (AvgIpc) is 2.43. The van der Waals surface area contributed by atoms with E-state index >= 15 is 0 Å². The monoisotopic (exact) mass is 292 g/mol. The van der Waals surface area contributed by atoms with Crippen molar-refractivity contribution in [3.63, 3.8) is 0 Å². The van der Waals surface area contributed by atoms with Gasteiger partial charge < -0.3 is 15.4 Å². The summed E-state index contributed by atoms with van der Waals surface area (Å²) in [5.41, 5.74) is 8.10. The van der Waals surface area contributed by atoms with Crippen molar-refractivity contribution in [3.05, 3.63) is 29.3 Å². The molecule has 0 bridgehead atoms. The Hall–Kier alpha value is -1.55. The summed E-state index contributed by atoms with van der Waals surface area (Å²) >= 11 is 0. The number of ether oxygens (including phenoxy) is 1. The van der Waals surface area contributed by atoms with Crippen molar-refractivity contribution in [2.24, 2.45) is 11.7 Å². The predicted molar refractivity (Wildman–Crippen MR) is 86.5 cm³/mol. The van der Waals surface area contributed by atoms with Crippen LogP contribution in [0.5, 0.6) is 5.75 Å². The Labute approximate surface area is 128 Å². The molecular formula is C17H28N2O2. The molecule has 21 heavy (non-hydrogen) atoms. The lowest BCUT2D eigenvalue weighted by Gasteiger charge is -2.22. The van der Waals surface area contributed by atoms with Gasteiger partial charge in [-0.1, -0.05) is 32.0 Å². The van der Waals surface area contributed by atoms with Crippen molar-refractivity contribution in [1.82, 2.24) is 4.90 Å². The number of rotatable bonds is 7. The van der Waals surface area contributed by atoms with Crippen molar-refractivity contribution in [2.75, 3.05) is 20.2 Å². The molecule has 0 aliphatic carbocycles. The Morgan fingerprint density at radius 1 is 1.29 bits per heavy atom. The van der Waals surface area contributed by atoms with Gasteiger partial charge in [-0.05, 0) is 37.3 Å². The highest BCUT2D eigenvalue weighted by atomic mass is 16.5. The summed E-state index contributed by atoms with van der Waals surface area (Å²) in [7, 11) is 1.80. The molecule has 4 heteroatoms. The van der Waals surface area contributed by atoms with E-state index in [1.165, 1.54) is 0 Å². The number of carbonyl (C=O) groups is 1. The first-order chi connectivity index (χ1) is 9.82. The van der Waals surface area contributed by atoms with Crippen LogP contribution in [0, 0.1) is 19.8 Å². The number of hydrogen-bond acceptors (Lipinski definition) is 3. The molecule has 4 nitrogen and oxygen atoms in total. The summed E-state index contributed by atoms with van der Waals surface area (Å²) in [6.45, 7) is 8.89. The molecule has 1 amide bonds. The van der Waals surface area contributed by atoms with E-state index in [9.17, 15) is 4.79 Å². The zero-order chi connectivity index (χ0) is 16.0. The van der Waals surface area contributed by atoms with Gasteiger partial charge in [0.25, 0.3) is 5.91 Å². The number of nitrogens with zero attached hydrogens (tertiary/aromatic N) is 1. The highest BCUT2D eigenvalue weighted by Gasteiger charge is 2.14. The minimum absolute atomic E-state index is 0.0198. The van der Waals surface area contributed by atoms with Gasteiger partial charge in [-0.2, -0.15) is 0 Å². The average molecular weight is 292 g/mol. The molecule has 2 N–H and O–H groups in total. The molecule has 0 heterocycles. The van der Waals surface area contributed by atoms with Crippen LogP contribution in [0.2, 0.25) is 0 Å². The number of aryl methyl sites for hydroxylation is 2. The summed E-state index contributed by atoms with van der Waals surface area (Å²) in [6.07, 6.45) is 0.809. The quantitative estimate of drug-likeness (QED) is 0.840. The topological polar surface area (TPSA) is 55.6 Å². The van der Waals surface area contributed by atoms with E-state index in [-0.39, 0.29) is 18.6 Å². The summed E-state index contributed by atoms with van der Waals surface area (Å²) in [5, 5.41) is 0. The Bertz CT molecular complexity index is 452. The van der Waals surface area contributed by atoms with Gasteiger partial charge >= 0.3 is 0 Å². The zero-order valence-electron chi connectivity index (χ0n) is 13.8. The number of hydrogen-bond donors (Lipinski definition) is 1. The SMILES string of the molecule is Cc1cccc(C)c1OCC(=O)N(C)CCC(N)C(C)C. The fourth-order valence-corrected chi connectivity index (χ4v) is 2.07. The second-order valence-corrected chi connectivity index (χ2v) is 6.02. The molecule has 1 aromatic rings. The number of para-hydroxylation sites is 1. The maximum atomic E-state index is 12.1. The summed E-state index contributed by atoms with van der Waals surface area (Å²) in [5.74, 6) is 1.21. The maximum Gasteiger partial charge on any atom is 0.260 e. The van der Waals surface area contributed by atoms with Crippen LogP contribution in [0.3, 0.4) is 0 Å². The molecule has 1 aromatic carbocycles. The van der Waals surface area contributed by atoms with Crippen molar-refractivity contribution in [1.29, 1.82) is 0 Å². The highest BCUT2D eigenvalue weighted by molar-refractivity contribution is 5.77. The molecule has 1 atom stereocenters. The molecule has 0 saturated heterocycles. The van der Waals surface area contributed by atoms with Gasteiger partial charge in [0.05, 0.1) is 0 Å². The smallest absolute Gasteiger partial charge is 0.260 e. The van der Waals surface area contributed by atoms with Crippen LogP contribution < -0.4 is 10.5 Å². The van der Waals surface area contributed by atoms with E-state index in [2.05, 4.69) is 13.8 Å². The minimum Gasteiger partial charge on any atom is -0.483 e. The lowest BCUT2D eigenvalue weighted by molar-refractivity contribution is -0.132. The molecule has 0 aliphatic heterocycles. The number of benzene rings is 1. The van der Waals surface area contributed by atoms with Crippen LogP contribution in [0.15, 0.2) is 18.2 Å². The third-order valence-corrected chi connectivity index (χ3v) is 3.83. The van der Waals surface area contributed by atoms with Gasteiger partial charge in [-0.25, -0.2) is 0 Å². The van der Waals surface area contributed by atoms with E-state index in [0.29, 0.717) is 12.5 Å². The molecule has 0 aliphatic rings. The van der Waals surface area contributed by atoms with Gasteiger partial charge in [0.2, 0.25) is 0 Å². The first-order valence-electron chi connectivity index (χ1n) is 7.51. The zero-order valence-corrected chi connectivity index (χ0v) is 13.8. The summed E-state index contributed by atoms with van der Waals surface area (Å²) in [6, 6.07) is 6.08. The standard InChI is InChI=1S/C17H28N2O2/c1-12(2)15(18)9-10-19(5)16(20)11-21-17-13(3)7-6-8-14(17)4/h6-8,12,15H,9-11,18H2,1-5H3. The largest absolute Gasteiger partial charge is 0.483 e. The Kier molecular flexibility index (Phi) is 6.69. The molecule has 0 saturated carbocycles. The second-order valence-electron chi connectivity index (χ2n) is 6.02. The van der Waals surface area contributed by atoms with Gasteiger partial charge in [-0.3, -0.25) is 4.79 Å². The minimum atomic E-state index is -0.0198. The Morgan fingerprint density at radius 3 is 2.38 bits per heavy atom. The van der Waals surface area contributed by atoms with Crippen molar-refractivity contribution < 1.29 is 9.53 Å². The van der Waals surface area contributed by atoms with Gasteiger partial charge in [0.1, 0.15) is 5.75 Å². The van der Waals surface area contributed by atoms with E-state index < -0.39 is 0 Å². The van der Waals surface area contributed by atoms with Crippen LogP contribution in [0.1, 0.15) is 31.4 Å². The second kappa shape index (κ2) is 8.03. The van der Waals surface area contributed by atoms with E-state index in [1.54, 1.807) is 11.9 Å². The third-order valence-electron chi connectivity index (χ3n) is 3.83. The van der Waals surface area contributed by atoms with Gasteiger partial charge in [-0.15, -0.1) is 0 Å². The lowest BCUT2D eigenvalue weighted by atomic mass is 10.0. The molecule has 0 aromatic heterocycles. The van der Waals surface area contributed by atoms with E-state index in [0.717, 1.165) is 23.3 Å². The predicted octanol–water partition coefficient (Wildman–Crippen LogP) is 2.51. The van der Waals surface area contributed by atoms with Crippen LogP contribution in [-0.2, 0) is 4.79 Å². The van der Waals surface area contributed by atoms with Crippen LogP contribution in [0.4, 0.5) is 0 Å².